The maximum atomic E-state index is 11.8. The second-order valence-corrected chi connectivity index (χ2v) is 5.29. The number of nitrogens with one attached hydrogen (secondary N) is 1. The largest absolute Gasteiger partial charge is 0.492 e. The summed E-state index contributed by atoms with van der Waals surface area (Å²) in [5, 5.41) is 2.78. The second kappa shape index (κ2) is 7.67. The molecule has 1 fully saturated rings. The van der Waals surface area contributed by atoms with Gasteiger partial charge in [-0.3, -0.25) is 9.59 Å². The van der Waals surface area contributed by atoms with E-state index in [1.807, 2.05) is 31.2 Å². The van der Waals surface area contributed by atoms with Crippen LogP contribution in [-0.4, -0.2) is 43.0 Å². The molecule has 0 bridgehead atoms. The molecule has 2 amide bonds. The van der Waals surface area contributed by atoms with E-state index in [1.165, 1.54) is 0 Å². The molecule has 114 valence electrons. The van der Waals surface area contributed by atoms with Crippen LogP contribution in [0.5, 0.6) is 5.75 Å². The third kappa shape index (κ3) is 5.10. The third-order valence-electron chi connectivity index (χ3n) is 3.44. The maximum absolute atomic E-state index is 11.8. The van der Waals surface area contributed by atoms with Gasteiger partial charge in [-0.25, -0.2) is 0 Å². The van der Waals surface area contributed by atoms with E-state index in [1.54, 1.807) is 4.90 Å². The number of nitrogens with zero attached hydrogens (tertiary/aromatic N) is 1. The fourth-order valence-corrected chi connectivity index (χ4v) is 2.32. The van der Waals surface area contributed by atoms with Crippen molar-refractivity contribution in [1.29, 1.82) is 0 Å². The van der Waals surface area contributed by atoms with Gasteiger partial charge in [0, 0.05) is 13.0 Å². The van der Waals surface area contributed by atoms with Gasteiger partial charge >= 0.3 is 0 Å². The van der Waals surface area contributed by atoms with Crippen molar-refractivity contribution in [3.63, 3.8) is 0 Å². The zero-order valence-electron chi connectivity index (χ0n) is 12.4. The van der Waals surface area contributed by atoms with Crippen molar-refractivity contribution in [2.24, 2.45) is 0 Å². The van der Waals surface area contributed by atoms with Crippen LogP contribution < -0.4 is 10.1 Å². The van der Waals surface area contributed by atoms with Crippen LogP contribution in [-0.2, 0) is 9.59 Å². The first kappa shape index (κ1) is 15.4. The summed E-state index contributed by atoms with van der Waals surface area (Å²) in [6.07, 6.45) is 2.47. The number of benzene rings is 1. The van der Waals surface area contributed by atoms with Crippen molar-refractivity contribution in [2.45, 2.75) is 26.2 Å². The summed E-state index contributed by atoms with van der Waals surface area (Å²) in [7, 11) is 0. The summed E-state index contributed by atoms with van der Waals surface area (Å²) in [6.45, 7) is 3.71. The summed E-state index contributed by atoms with van der Waals surface area (Å²) in [6, 6.07) is 7.78. The zero-order valence-corrected chi connectivity index (χ0v) is 12.4. The van der Waals surface area contributed by atoms with E-state index in [9.17, 15) is 9.59 Å². The van der Waals surface area contributed by atoms with Gasteiger partial charge in [-0.2, -0.15) is 0 Å². The van der Waals surface area contributed by atoms with Gasteiger partial charge in [0.15, 0.2) is 0 Å². The molecule has 0 atom stereocenters. The highest BCUT2D eigenvalue weighted by atomic mass is 16.5. The Morgan fingerprint density at radius 1 is 1.38 bits per heavy atom. The Hall–Kier alpha value is -2.04. The third-order valence-corrected chi connectivity index (χ3v) is 3.44. The molecule has 0 aromatic heterocycles. The number of carbonyl (C=O) groups excluding carboxylic acids is 2. The van der Waals surface area contributed by atoms with Crippen LogP contribution in [0.2, 0.25) is 0 Å². The molecule has 1 heterocycles. The number of hydrogen-bond donors (Lipinski definition) is 1. The molecule has 1 N–H and O–H groups in total. The van der Waals surface area contributed by atoms with E-state index in [0.29, 0.717) is 26.1 Å². The van der Waals surface area contributed by atoms with Gasteiger partial charge in [0.25, 0.3) is 0 Å². The van der Waals surface area contributed by atoms with Crippen molar-refractivity contribution >= 4 is 11.8 Å². The lowest BCUT2D eigenvalue weighted by atomic mass is 10.1. The van der Waals surface area contributed by atoms with Gasteiger partial charge in [0.05, 0.1) is 13.1 Å². The van der Waals surface area contributed by atoms with Gasteiger partial charge < -0.3 is 15.0 Å². The lowest BCUT2D eigenvalue weighted by molar-refractivity contribution is -0.137. The normalized spacial score (nSPS) is 14.9. The molecule has 0 unspecified atom stereocenters. The summed E-state index contributed by atoms with van der Waals surface area (Å²) in [5.74, 6) is 0.751. The maximum Gasteiger partial charge on any atom is 0.239 e. The van der Waals surface area contributed by atoms with Gasteiger partial charge in [0.2, 0.25) is 11.8 Å². The Morgan fingerprint density at radius 2 is 2.24 bits per heavy atom. The molecule has 1 aromatic rings. The Balaban J connectivity index is 1.64. The lowest BCUT2D eigenvalue weighted by Gasteiger charge is -2.25. The molecule has 1 aliphatic heterocycles. The molecule has 5 heteroatoms. The quantitative estimate of drug-likeness (QED) is 0.808. The number of aryl methyl sites for hydroxylation is 1. The van der Waals surface area contributed by atoms with Crippen molar-refractivity contribution in [2.75, 3.05) is 26.2 Å². The van der Waals surface area contributed by atoms with Gasteiger partial charge in [-0.05, 0) is 37.5 Å². The number of carbonyl (C=O) groups is 2. The van der Waals surface area contributed by atoms with Crippen LogP contribution in [0.1, 0.15) is 24.8 Å². The zero-order chi connectivity index (χ0) is 15.1. The first-order valence-corrected chi connectivity index (χ1v) is 7.39. The summed E-state index contributed by atoms with van der Waals surface area (Å²) in [5.41, 5.74) is 1.14. The molecule has 0 saturated carbocycles. The van der Waals surface area contributed by atoms with Crippen molar-refractivity contribution in [3.8, 4) is 5.75 Å². The molecule has 1 aliphatic rings. The lowest BCUT2D eigenvalue weighted by Crippen LogP contribution is -2.43. The monoisotopic (exact) mass is 290 g/mol. The van der Waals surface area contributed by atoms with Gasteiger partial charge in [-0.15, -0.1) is 0 Å². The molecule has 0 radical (unpaired) electrons. The predicted molar refractivity (Wildman–Crippen MR) is 80.1 cm³/mol. The number of rotatable bonds is 6. The van der Waals surface area contributed by atoms with Crippen LogP contribution in [0.15, 0.2) is 24.3 Å². The first-order valence-electron chi connectivity index (χ1n) is 7.39. The first-order chi connectivity index (χ1) is 10.1. The van der Waals surface area contributed by atoms with Crippen LogP contribution in [0.4, 0.5) is 0 Å². The Kier molecular flexibility index (Phi) is 5.60. The molecular weight excluding hydrogens is 268 g/mol. The van der Waals surface area contributed by atoms with Crippen molar-refractivity contribution in [3.05, 3.63) is 29.8 Å². The highest BCUT2D eigenvalue weighted by Crippen LogP contribution is 2.12. The van der Waals surface area contributed by atoms with Crippen LogP contribution in [0, 0.1) is 6.92 Å². The minimum atomic E-state index is -0.127. The van der Waals surface area contributed by atoms with Crippen molar-refractivity contribution in [1.82, 2.24) is 10.2 Å². The number of likely N-dealkylation sites (tertiary alicyclic amines) is 1. The van der Waals surface area contributed by atoms with E-state index in [4.69, 9.17) is 4.74 Å². The SMILES string of the molecule is Cc1cccc(OCCNC(=O)CN2CCCCC2=O)c1. The van der Waals surface area contributed by atoms with Crippen LogP contribution >= 0.6 is 0 Å². The highest BCUT2D eigenvalue weighted by Gasteiger charge is 2.19. The van der Waals surface area contributed by atoms with Crippen LogP contribution in [0.25, 0.3) is 0 Å². The van der Waals surface area contributed by atoms with E-state index >= 15 is 0 Å². The summed E-state index contributed by atoms with van der Waals surface area (Å²) >= 11 is 0. The molecule has 2 rings (SSSR count). The molecule has 1 aromatic carbocycles. The standard InChI is InChI=1S/C16H22N2O3/c1-13-5-4-6-14(11-13)21-10-8-17-15(19)12-18-9-3-2-7-16(18)20/h4-6,11H,2-3,7-10,12H2,1H3,(H,17,19). The van der Waals surface area contributed by atoms with Gasteiger partial charge in [0.1, 0.15) is 12.4 Å². The predicted octanol–water partition coefficient (Wildman–Crippen LogP) is 1.50. The Morgan fingerprint density at radius 3 is 3.00 bits per heavy atom. The minimum Gasteiger partial charge on any atom is -0.492 e. The smallest absolute Gasteiger partial charge is 0.239 e. The van der Waals surface area contributed by atoms with E-state index in [2.05, 4.69) is 5.32 Å². The van der Waals surface area contributed by atoms with Crippen LogP contribution in [0.3, 0.4) is 0 Å². The number of amides is 2. The fraction of sp³-hybridized carbons (Fsp3) is 0.500. The van der Waals surface area contributed by atoms with E-state index in [0.717, 1.165) is 24.2 Å². The van der Waals surface area contributed by atoms with E-state index in [-0.39, 0.29) is 18.4 Å². The fourth-order valence-electron chi connectivity index (χ4n) is 2.32. The summed E-state index contributed by atoms with van der Waals surface area (Å²) in [4.78, 5) is 25.0. The Bertz CT molecular complexity index is 502. The molecule has 5 nitrogen and oxygen atoms in total. The average molecular weight is 290 g/mol. The molecule has 0 aliphatic carbocycles. The highest BCUT2D eigenvalue weighted by molar-refractivity contribution is 5.85. The average Bonchev–Trinajstić information content (AvgIpc) is 2.46. The van der Waals surface area contributed by atoms with E-state index < -0.39 is 0 Å². The molecule has 0 spiro atoms. The number of piperidine rings is 1. The van der Waals surface area contributed by atoms with Crippen molar-refractivity contribution < 1.29 is 14.3 Å². The second-order valence-electron chi connectivity index (χ2n) is 5.29. The number of ether oxygens (including phenoxy) is 1. The number of hydrogen-bond acceptors (Lipinski definition) is 3. The van der Waals surface area contributed by atoms with Gasteiger partial charge in [-0.1, -0.05) is 12.1 Å². The molecule has 1 saturated heterocycles. The topological polar surface area (TPSA) is 58.6 Å². The molecule has 21 heavy (non-hydrogen) atoms. The minimum absolute atomic E-state index is 0.0763. The molecular formula is C16H22N2O3. The summed E-state index contributed by atoms with van der Waals surface area (Å²) < 4.78 is 5.55. The Labute approximate surface area is 125 Å².